The van der Waals surface area contributed by atoms with E-state index >= 15 is 0 Å². The lowest BCUT2D eigenvalue weighted by Crippen LogP contribution is -2.26. The second-order valence-electron chi connectivity index (χ2n) is 5.65. The second kappa shape index (κ2) is 7.81. The highest BCUT2D eigenvalue weighted by Crippen LogP contribution is 2.24. The summed E-state index contributed by atoms with van der Waals surface area (Å²) in [6, 6.07) is 13.9. The zero-order chi connectivity index (χ0) is 16.9. The summed E-state index contributed by atoms with van der Waals surface area (Å²) in [5.74, 6) is 1.73. The number of halogens is 1. The van der Waals surface area contributed by atoms with Crippen molar-refractivity contribution in [3.8, 4) is 11.3 Å². The molecule has 1 aromatic carbocycles. The van der Waals surface area contributed by atoms with E-state index in [1.54, 1.807) is 16.2 Å². The van der Waals surface area contributed by atoms with Crippen LogP contribution in [0.1, 0.15) is 17.7 Å². The number of carbonyl (C=O) groups is 1. The lowest BCUT2D eigenvalue weighted by Gasteiger charge is -2.15. The molecule has 0 radical (unpaired) electrons. The highest BCUT2D eigenvalue weighted by atomic mass is 79.9. The molecule has 3 aromatic rings. The fourth-order valence-corrected chi connectivity index (χ4v) is 3.40. The standard InChI is InChI=1S/C19H18BrNO2S/c1-21(19(22)9-2-14-10-11-24-13-14)12-17-7-8-18(23-17)15-3-5-16(20)6-4-15/h3-8,10-11,13H,2,9,12H2,1H3. The minimum Gasteiger partial charge on any atom is -0.459 e. The molecule has 124 valence electrons. The van der Waals surface area contributed by atoms with Gasteiger partial charge < -0.3 is 9.32 Å². The number of amides is 1. The van der Waals surface area contributed by atoms with E-state index in [-0.39, 0.29) is 5.91 Å². The Morgan fingerprint density at radius 2 is 1.96 bits per heavy atom. The van der Waals surface area contributed by atoms with E-state index in [0.29, 0.717) is 13.0 Å². The summed E-state index contributed by atoms with van der Waals surface area (Å²) in [6.07, 6.45) is 1.31. The van der Waals surface area contributed by atoms with Crippen LogP contribution >= 0.6 is 27.3 Å². The van der Waals surface area contributed by atoms with Crippen molar-refractivity contribution in [2.75, 3.05) is 7.05 Å². The van der Waals surface area contributed by atoms with Crippen LogP contribution in [0.15, 0.2) is 62.1 Å². The third-order valence-electron chi connectivity index (χ3n) is 3.82. The Morgan fingerprint density at radius 1 is 1.17 bits per heavy atom. The molecular formula is C19H18BrNO2S. The van der Waals surface area contributed by atoms with Crippen LogP contribution in [0.5, 0.6) is 0 Å². The molecular weight excluding hydrogens is 386 g/mol. The Labute approximate surface area is 154 Å². The first-order chi connectivity index (χ1) is 11.6. The average molecular weight is 404 g/mol. The minimum atomic E-state index is 0.128. The Hall–Kier alpha value is -1.85. The van der Waals surface area contributed by atoms with Crippen molar-refractivity contribution in [1.82, 2.24) is 4.90 Å². The van der Waals surface area contributed by atoms with Gasteiger partial charge in [0.25, 0.3) is 0 Å². The SMILES string of the molecule is CN(Cc1ccc(-c2ccc(Br)cc2)o1)C(=O)CCc1ccsc1. The van der Waals surface area contributed by atoms with E-state index in [1.807, 2.05) is 48.8 Å². The Kier molecular flexibility index (Phi) is 5.53. The molecule has 3 rings (SSSR count). The number of hydrogen-bond acceptors (Lipinski definition) is 3. The van der Waals surface area contributed by atoms with Crippen molar-refractivity contribution >= 4 is 33.2 Å². The number of aryl methyl sites for hydroxylation is 1. The summed E-state index contributed by atoms with van der Waals surface area (Å²) >= 11 is 5.09. The Bertz CT molecular complexity index is 793. The van der Waals surface area contributed by atoms with Crippen molar-refractivity contribution in [1.29, 1.82) is 0 Å². The van der Waals surface area contributed by atoms with Gasteiger partial charge in [0.1, 0.15) is 11.5 Å². The molecule has 0 aliphatic carbocycles. The van der Waals surface area contributed by atoms with Gasteiger partial charge in [-0.1, -0.05) is 28.1 Å². The van der Waals surface area contributed by atoms with Gasteiger partial charge in [0.05, 0.1) is 6.54 Å². The van der Waals surface area contributed by atoms with Gasteiger partial charge in [0.2, 0.25) is 5.91 Å². The fourth-order valence-electron chi connectivity index (χ4n) is 2.43. The summed E-state index contributed by atoms with van der Waals surface area (Å²) in [5.41, 5.74) is 2.24. The molecule has 0 saturated heterocycles. The second-order valence-corrected chi connectivity index (χ2v) is 7.35. The molecule has 0 atom stereocenters. The number of thiophene rings is 1. The molecule has 1 amide bonds. The van der Waals surface area contributed by atoms with E-state index in [1.165, 1.54) is 5.56 Å². The number of carbonyl (C=O) groups excluding carboxylic acids is 1. The first-order valence-corrected chi connectivity index (χ1v) is 9.45. The van der Waals surface area contributed by atoms with Crippen molar-refractivity contribution in [3.63, 3.8) is 0 Å². The summed E-state index contributed by atoms with van der Waals surface area (Å²) < 4.78 is 6.91. The molecule has 2 heterocycles. The van der Waals surface area contributed by atoms with Crippen molar-refractivity contribution in [2.45, 2.75) is 19.4 Å². The summed E-state index contributed by atoms with van der Waals surface area (Å²) in [5, 5.41) is 4.13. The number of benzene rings is 1. The zero-order valence-electron chi connectivity index (χ0n) is 13.4. The van der Waals surface area contributed by atoms with Crippen molar-refractivity contribution < 1.29 is 9.21 Å². The monoisotopic (exact) mass is 403 g/mol. The van der Waals surface area contributed by atoms with Crippen LogP contribution in [0, 0.1) is 0 Å². The van der Waals surface area contributed by atoms with E-state index in [2.05, 4.69) is 27.4 Å². The number of nitrogens with zero attached hydrogens (tertiary/aromatic N) is 1. The maximum Gasteiger partial charge on any atom is 0.223 e. The van der Waals surface area contributed by atoms with Crippen LogP contribution in [0.25, 0.3) is 11.3 Å². The molecule has 0 fully saturated rings. The third-order valence-corrected chi connectivity index (χ3v) is 5.08. The third kappa shape index (κ3) is 4.36. The predicted molar refractivity (Wildman–Crippen MR) is 101 cm³/mol. The largest absolute Gasteiger partial charge is 0.459 e. The average Bonchev–Trinajstić information content (AvgIpc) is 3.25. The van der Waals surface area contributed by atoms with E-state index in [0.717, 1.165) is 28.0 Å². The fraction of sp³-hybridized carbons (Fsp3) is 0.211. The van der Waals surface area contributed by atoms with E-state index in [9.17, 15) is 4.79 Å². The molecule has 5 heteroatoms. The predicted octanol–water partition coefficient (Wildman–Crippen LogP) is 5.36. The molecule has 2 aromatic heterocycles. The zero-order valence-corrected chi connectivity index (χ0v) is 15.8. The summed E-state index contributed by atoms with van der Waals surface area (Å²) in [6.45, 7) is 0.485. The topological polar surface area (TPSA) is 33.5 Å². The normalized spacial score (nSPS) is 10.8. The first kappa shape index (κ1) is 17.0. The summed E-state index contributed by atoms with van der Waals surface area (Å²) in [4.78, 5) is 14.0. The first-order valence-electron chi connectivity index (χ1n) is 7.71. The smallest absolute Gasteiger partial charge is 0.223 e. The molecule has 3 nitrogen and oxygen atoms in total. The lowest BCUT2D eigenvalue weighted by molar-refractivity contribution is -0.130. The maximum atomic E-state index is 12.2. The molecule has 0 bridgehead atoms. The van der Waals surface area contributed by atoms with E-state index < -0.39 is 0 Å². The molecule has 0 unspecified atom stereocenters. The van der Waals surface area contributed by atoms with Crippen LogP contribution in [0.2, 0.25) is 0 Å². The Morgan fingerprint density at radius 3 is 2.67 bits per heavy atom. The quantitative estimate of drug-likeness (QED) is 0.554. The minimum absolute atomic E-state index is 0.128. The van der Waals surface area contributed by atoms with Gasteiger partial charge in [-0.05, 0) is 53.1 Å². The molecule has 0 N–H and O–H groups in total. The van der Waals surface area contributed by atoms with Crippen LogP contribution in [0.4, 0.5) is 0 Å². The van der Waals surface area contributed by atoms with Gasteiger partial charge in [-0.2, -0.15) is 11.3 Å². The number of rotatable bonds is 6. The van der Waals surface area contributed by atoms with Gasteiger partial charge in [-0.15, -0.1) is 0 Å². The van der Waals surface area contributed by atoms with Crippen LogP contribution in [-0.4, -0.2) is 17.9 Å². The van der Waals surface area contributed by atoms with Crippen molar-refractivity contribution in [2.24, 2.45) is 0 Å². The highest BCUT2D eigenvalue weighted by Gasteiger charge is 2.12. The molecule has 24 heavy (non-hydrogen) atoms. The molecule has 0 aliphatic rings. The van der Waals surface area contributed by atoms with Crippen LogP contribution in [-0.2, 0) is 17.8 Å². The van der Waals surface area contributed by atoms with E-state index in [4.69, 9.17) is 4.42 Å². The Balaban J connectivity index is 1.57. The van der Waals surface area contributed by atoms with Gasteiger partial charge >= 0.3 is 0 Å². The van der Waals surface area contributed by atoms with Gasteiger partial charge in [-0.3, -0.25) is 4.79 Å². The van der Waals surface area contributed by atoms with Gasteiger partial charge in [-0.25, -0.2) is 0 Å². The van der Waals surface area contributed by atoms with Gasteiger partial charge in [0.15, 0.2) is 0 Å². The summed E-state index contributed by atoms with van der Waals surface area (Å²) in [7, 11) is 1.82. The molecule has 0 aliphatic heterocycles. The van der Waals surface area contributed by atoms with Crippen LogP contribution < -0.4 is 0 Å². The maximum absolute atomic E-state index is 12.2. The van der Waals surface area contributed by atoms with Gasteiger partial charge in [0, 0.05) is 23.5 Å². The van der Waals surface area contributed by atoms with Crippen LogP contribution in [0.3, 0.4) is 0 Å². The highest BCUT2D eigenvalue weighted by molar-refractivity contribution is 9.10. The number of hydrogen-bond donors (Lipinski definition) is 0. The molecule has 0 spiro atoms. The lowest BCUT2D eigenvalue weighted by atomic mass is 10.2. The number of furan rings is 1. The van der Waals surface area contributed by atoms with Crippen molar-refractivity contribution in [3.05, 3.63) is 69.0 Å². The molecule has 0 saturated carbocycles.